The van der Waals surface area contributed by atoms with Gasteiger partial charge >= 0.3 is 7.69 Å². The summed E-state index contributed by atoms with van der Waals surface area (Å²) in [5.41, 5.74) is 0.628. The second kappa shape index (κ2) is 8.00. The van der Waals surface area contributed by atoms with Crippen LogP contribution >= 0.6 is 0 Å². The summed E-state index contributed by atoms with van der Waals surface area (Å²) in [5, 5.41) is 17.0. The quantitative estimate of drug-likeness (QED) is 0.674. The van der Waals surface area contributed by atoms with Gasteiger partial charge in [0.05, 0.1) is 0 Å². The Kier molecular flexibility index (Phi) is 6.17. The van der Waals surface area contributed by atoms with Gasteiger partial charge in [-0.15, -0.1) is 0 Å². The molecule has 0 saturated carbocycles. The summed E-state index contributed by atoms with van der Waals surface area (Å²) in [5.74, 6) is 0.417. The molecule has 92 valence electrons. The zero-order valence-electron chi connectivity index (χ0n) is 9.65. The van der Waals surface area contributed by atoms with Crippen molar-refractivity contribution in [3.63, 3.8) is 0 Å². The van der Waals surface area contributed by atoms with E-state index in [-0.39, 0.29) is 5.91 Å². The molecule has 0 aliphatic heterocycles. The summed E-state index contributed by atoms with van der Waals surface area (Å²) >= 11 is 0. The first-order chi connectivity index (χ1) is 8.77. The van der Waals surface area contributed by atoms with Crippen molar-refractivity contribution in [1.82, 2.24) is 4.98 Å². The molecule has 6 heteroatoms. The van der Waals surface area contributed by atoms with E-state index in [0.717, 1.165) is 0 Å². The second-order valence-corrected chi connectivity index (χ2v) is 3.18. The fourth-order valence-corrected chi connectivity index (χ4v) is 1.21. The Morgan fingerprint density at radius 1 is 1.06 bits per heavy atom. The van der Waals surface area contributed by atoms with Crippen molar-refractivity contribution in [1.29, 1.82) is 0 Å². The van der Waals surface area contributed by atoms with Crippen LogP contribution in [0.1, 0.15) is 10.4 Å². The van der Waals surface area contributed by atoms with Crippen LogP contribution < -0.4 is 5.32 Å². The lowest BCUT2D eigenvalue weighted by atomic mass is 10.2. The van der Waals surface area contributed by atoms with Crippen LogP contribution in [0.4, 0.5) is 5.82 Å². The standard InChI is InChI=1S/C12H10N2O.BH3O2/c15-12(10-6-2-1-3-7-10)14-11-8-4-5-9-13-11;2-1-3/h1-9H,(H,13,14,15);1-3H. The van der Waals surface area contributed by atoms with Crippen molar-refractivity contribution in [2.24, 2.45) is 0 Å². The molecule has 3 N–H and O–H groups in total. The molecule has 0 bridgehead atoms. The number of hydrogen-bond acceptors (Lipinski definition) is 4. The maximum Gasteiger partial charge on any atom is 0.432 e. The summed E-state index contributed by atoms with van der Waals surface area (Å²) in [6.07, 6.45) is 1.64. The molecule has 0 fully saturated rings. The summed E-state index contributed by atoms with van der Waals surface area (Å²) in [6.45, 7) is 0. The minimum atomic E-state index is -0.750. The molecule has 0 aliphatic carbocycles. The topological polar surface area (TPSA) is 82.5 Å². The molecule has 0 aliphatic rings. The summed E-state index contributed by atoms with van der Waals surface area (Å²) in [7, 11) is -0.750. The van der Waals surface area contributed by atoms with E-state index in [1.165, 1.54) is 0 Å². The summed E-state index contributed by atoms with van der Waals surface area (Å²) in [6, 6.07) is 14.4. The van der Waals surface area contributed by atoms with Crippen LogP contribution in [0.5, 0.6) is 0 Å². The molecule has 1 amide bonds. The van der Waals surface area contributed by atoms with Crippen LogP contribution in [0.15, 0.2) is 54.7 Å². The molecule has 0 unspecified atom stereocenters. The van der Waals surface area contributed by atoms with Gasteiger partial charge in [0.2, 0.25) is 0 Å². The number of rotatable bonds is 2. The van der Waals surface area contributed by atoms with Gasteiger partial charge in [-0.3, -0.25) is 4.79 Å². The minimum absolute atomic E-state index is 0.144. The highest BCUT2D eigenvalue weighted by Gasteiger charge is 2.04. The summed E-state index contributed by atoms with van der Waals surface area (Å²) in [4.78, 5) is 15.7. The number of nitrogens with zero attached hydrogens (tertiary/aromatic N) is 1. The Balaban J connectivity index is 0.000000492. The number of anilines is 1. The zero-order chi connectivity index (χ0) is 13.2. The number of nitrogens with one attached hydrogen (secondary N) is 1. The van der Waals surface area contributed by atoms with Gasteiger partial charge in [0, 0.05) is 11.8 Å². The Bertz CT molecular complexity index is 465. The highest BCUT2D eigenvalue weighted by Crippen LogP contribution is 2.04. The number of benzene rings is 1. The second-order valence-electron chi connectivity index (χ2n) is 3.18. The molecule has 1 aromatic heterocycles. The number of carbonyl (C=O) groups excluding carboxylic acids is 1. The number of aromatic nitrogens is 1. The fraction of sp³-hybridized carbons (Fsp3) is 0. The lowest BCUT2D eigenvalue weighted by Gasteiger charge is -2.02. The van der Waals surface area contributed by atoms with Gasteiger partial charge in [0.1, 0.15) is 5.82 Å². The molecule has 18 heavy (non-hydrogen) atoms. The van der Waals surface area contributed by atoms with Crippen LogP contribution in [-0.2, 0) is 0 Å². The highest BCUT2D eigenvalue weighted by molar-refractivity contribution is 6.13. The van der Waals surface area contributed by atoms with Gasteiger partial charge in [-0.2, -0.15) is 0 Å². The van der Waals surface area contributed by atoms with Crippen LogP contribution in [0.3, 0.4) is 0 Å². The van der Waals surface area contributed by atoms with Crippen LogP contribution in [0.2, 0.25) is 0 Å². The van der Waals surface area contributed by atoms with Crippen molar-refractivity contribution in [3.05, 3.63) is 60.3 Å². The van der Waals surface area contributed by atoms with Crippen molar-refractivity contribution in [3.8, 4) is 0 Å². The Labute approximate surface area is 105 Å². The van der Waals surface area contributed by atoms with E-state index in [1.807, 2.05) is 24.3 Å². The molecule has 0 atom stereocenters. The normalized spacial score (nSPS) is 8.78. The van der Waals surface area contributed by atoms with Gasteiger partial charge < -0.3 is 15.4 Å². The van der Waals surface area contributed by atoms with Crippen molar-refractivity contribution in [2.75, 3.05) is 5.32 Å². The lowest BCUT2D eigenvalue weighted by molar-refractivity contribution is 0.102. The molecular formula is C12H13BN2O3. The molecule has 0 saturated heterocycles. The van der Waals surface area contributed by atoms with Crippen molar-refractivity contribution >= 4 is 19.4 Å². The fourth-order valence-electron chi connectivity index (χ4n) is 1.21. The molecule has 0 spiro atoms. The van der Waals surface area contributed by atoms with E-state index in [1.54, 1.807) is 30.5 Å². The van der Waals surface area contributed by atoms with Crippen LogP contribution in [0, 0.1) is 0 Å². The molecule has 5 nitrogen and oxygen atoms in total. The third kappa shape index (κ3) is 4.77. The van der Waals surface area contributed by atoms with Crippen LogP contribution in [0.25, 0.3) is 0 Å². The molecule has 2 aromatic rings. The first kappa shape index (κ1) is 13.9. The maximum atomic E-state index is 11.7. The molecule has 0 radical (unpaired) electrons. The van der Waals surface area contributed by atoms with Crippen molar-refractivity contribution < 1.29 is 14.8 Å². The van der Waals surface area contributed by atoms with E-state index in [0.29, 0.717) is 11.4 Å². The maximum absolute atomic E-state index is 11.7. The summed E-state index contributed by atoms with van der Waals surface area (Å²) < 4.78 is 0. The van der Waals surface area contributed by atoms with Gasteiger partial charge in [0.25, 0.3) is 5.91 Å². The zero-order valence-corrected chi connectivity index (χ0v) is 9.65. The third-order valence-electron chi connectivity index (χ3n) is 1.94. The lowest BCUT2D eigenvalue weighted by Crippen LogP contribution is -2.12. The van der Waals surface area contributed by atoms with Gasteiger partial charge in [-0.1, -0.05) is 24.3 Å². The first-order valence-corrected chi connectivity index (χ1v) is 5.27. The molecule has 1 aromatic carbocycles. The number of carbonyl (C=O) groups is 1. The van der Waals surface area contributed by atoms with Gasteiger partial charge in [-0.25, -0.2) is 4.98 Å². The number of pyridine rings is 1. The molecular weight excluding hydrogens is 231 g/mol. The average Bonchev–Trinajstić information content (AvgIpc) is 2.42. The van der Waals surface area contributed by atoms with Gasteiger partial charge in [-0.05, 0) is 24.3 Å². The third-order valence-corrected chi connectivity index (χ3v) is 1.94. The van der Waals surface area contributed by atoms with Gasteiger partial charge in [0.15, 0.2) is 0 Å². The minimum Gasteiger partial charge on any atom is -0.430 e. The molecule has 2 rings (SSSR count). The predicted octanol–water partition coefficient (Wildman–Crippen LogP) is 0.571. The Hall–Kier alpha value is -2.18. The van der Waals surface area contributed by atoms with E-state index in [9.17, 15) is 4.79 Å². The van der Waals surface area contributed by atoms with Crippen LogP contribution in [-0.4, -0.2) is 28.6 Å². The first-order valence-electron chi connectivity index (χ1n) is 5.27. The smallest absolute Gasteiger partial charge is 0.430 e. The number of hydrogen-bond donors (Lipinski definition) is 3. The monoisotopic (exact) mass is 244 g/mol. The Morgan fingerprint density at radius 3 is 2.22 bits per heavy atom. The van der Waals surface area contributed by atoms with E-state index < -0.39 is 7.69 Å². The largest absolute Gasteiger partial charge is 0.432 e. The van der Waals surface area contributed by atoms with E-state index in [4.69, 9.17) is 10.0 Å². The molecule has 1 heterocycles. The average molecular weight is 244 g/mol. The SMILES string of the molecule is O=C(Nc1ccccn1)c1ccccc1.OBO. The number of amides is 1. The van der Waals surface area contributed by atoms with E-state index in [2.05, 4.69) is 10.3 Å². The highest BCUT2D eigenvalue weighted by atomic mass is 16.4. The predicted molar refractivity (Wildman–Crippen MR) is 70.2 cm³/mol. The Morgan fingerprint density at radius 2 is 1.67 bits per heavy atom. The van der Waals surface area contributed by atoms with Crippen molar-refractivity contribution in [2.45, 2.75) is 0 Å². The van der Waals surface area contributed by atoms with E-state index >= 15 is 0 Å².